The monoisotopic (exact) mass is 365 g/mol. The molecule has 0 radical (unpaired) electrons. The Labute approximate surface area is 148 Å². The van der Waals surface area contributed by atoms with Gasteiger partial charge in [-0.25, -0.2) is 8.42 Å². The van der Waals surface area contributed by atoms with Crippen LogP contribution >= 0.6 is 0 Å². The molecule has 2 heterocycles. The summed E-state index contributed by atoms with van der Waals surface area (Å²) >= 11 is 0. The zero-order valence-electron chi connectivity index (χ0n) is 14.3. The highest BCUT2D eigenvalue weighted by Crippen LogP contribution is 2.43. The molecule has 136 valence electrons. The molecule has 7 heteroatoms. The summed E-state index contributed by atoms with van der Waals surface area (Å²) in [6.45, 7) is 0.581. The van der Waals surface area contributed by atoms with Crippen molar-refractivity contribution < 1.29 is 22.7 Å². The first kappa shape index (κ1) is 16.8. The molecule has 1 saturated carbocycles. The normalized spacial score (nSPS) is 28.9. The van der Waals surface area contributed by atoms with Crippen LogP contribution in [0.2, 0.25) is 0 Å². The van der Waals surface area contributed by atoms with Crippen LogP contribution < -0.4 is 4.74 Å². The molecule has 2 aliphatic heterocycles. The molecule has 1 saturated heterocycles. The lowest BCUT2D eigenvalue weighted by molar-refractivity contribution is -0.144. The Hall–Kier alpha value is -1.60. The van der Waals surface area contributed by atoms with E-state index < -0.39 is 22.0 Å². The number of esters is 1. The molecule has 0 aromatic heterocycles. The minimum absolute atomic E-state index is 0.104. The Morgan fingerprint density at radius 3 is 2.88 bits per heavy atom. The Balaban J connectivity index is 1.74. The van der Waals surface area contributed by atoms with Crippen LogP contribution in [0.15, 0.2) is 23.1 Å². The number of carbonyl (C=O) groups is 1. The number of carbonyl (C=O) groups excluding carboxylic acids is 1. The van der Waals surface area contributed by atoms with Crippen LogP contribution in [0.3, 0.4) is 0 Å². The van der Waals surface area contributed by atoms with Crippen molar-refractivity contribution in [2.24, 2.45) is 5.92 Å². The highest BCUT2D eigenvalue weighted by atomic mass is 32.2. The number of methoxy groups -OCH3 is 1. The van der Waals surface area contributed by atoms with E-state index in [9.17, 15) is 13.2 Å². The fourth-order valence-corrected chi connectivity index (χ4v) is 6.46. The maximum absolute atomic E-state index is 13.4. The lowest BCUT2D eigenvalue weighted by atomic mass is 9.85. The number of ether oxygens (including phenoxy) is 2. The summed E-state index contributed by atoms with van der Waals surface area (Å²) in [5.41, 5.74) is 0.912. The average molecular weight is 365 g/mol. The first-order chi connectivity index (χ1) is 12.0. The summed E-state index contributed by atoms with van der Waals surface area (Å²) in [5, 5.41) is 0. The molecule has 1 aliphatic carbocycles. The zero-order chi connectivity index (χ0) is 17.6. The van der Waals surface area contributed by atoms with Crippen molar-refractivity contribution in [2.45, 2.75) is 55.5 Å². The molecule has 2 fully saturated rings. The minimum atomic E-state index is -3.76. The maximum Gasteiger partial charge on any atom is 0.324 e. The summed E-state index contributed by atoms with van der Waals surface area (Å²) in [6.07, 6.45) is 5.15. The van der Waals surface area contributed by atoms with Crippen LogP contribution in [0, 0.1) is 5.92 Å². The van der Waals surface area contributed by atoms with Crippen molar-refractivity contribution in [3.63, 3.8) is 0 Å². The molecule has 3 atom stereocenters. The molecule has 0 N–H and O–H groups in total. The van der Waals surface area contributed by atoms with Crippen LogP contribution in [-0.4, -0.2) is 44.5 Å². The first-order valence-electron chi connectivity index (χ1n) is 8.89. The number of rotatable bonds is 3. The number of benzene rings is 1. The SMILES string of the molecule is COC(=O)C1CC2CCCCC2N1S(=O)(=O)c1ccc2c(c1)CCO2. The number of nitrogens with zero attached hydrogens (tertiary/aromatic N) is 1. The summed E-state index contributed by atoms with van der Waals surface area (Å²) in [4.78, 5) is 12.5. The van der Waals surface area contributed by atoms with Gasteiger partial charge in [-0.05, 0) is 48.9 Å². The molecule has 3 aliphatic rings. The van der Waals surface area contributed by atoms with Gasteiger partial charge in [-0.15, -0.1) is 0 Å². The van der Waals surface area contributed by atoms with Crippen LogP contribution in [-0.2, 0) is 26.0 Å². The van der Waals surface area contributed by atoms with Crippen LogP contribution in [0.5, 0.6) is 5.75 Å². The number of fused-ring (bicyclic) bond motifs is 2. The van der Waals surface area contributed by atoms with Gasteiger partial charge >= 0.3 is 5.97 Å². The third-order valence-corrected chi connectivity index (χ3v) is 7.67. The first-order valence-corrected chi connectivity index (χ1v) is 10.3. The maximum atomic E-state index is 13.4. The molecular weight excluding hydrogens is 342 g/mol. The highest BCUT2D eigenvalue weighted by Gasteiger charge is 2.51. The molecule has 1 aromatic rings. The van der Waals surface area contributed by atoms with Crippen LogP contribution in [0.25, 0.3) is 0 Å². The molecule has 1 aromatic carbocycles. The fourth-order valence-electron chi connectivity index (χ4n) is 4.55. The largest absolute Gasteiger partial charge is 0.493 e. The lowest BCUT2D eigenvalue weighted by Crippen LogP contribution is -2.46. The summed E-state index contributed by atoms with van der Waals surface area (Å²) in [5.74, 6) is 0.535. The van der Waals surface area contributed by atoms with E-state index in [1.165, 1.54) is 11.4 Å². The number of sulfonamides is 1. The molecule has 3 unspecified atom stereocenters. The smallest absolute Gasteiger partial charge is 0.324 e. The second-order valence-corrected chi connectivity index (χ2v) is 8.93. The van der Waals surface area contributed by atoms with Gasteiger partial charge in [0.2, 0.25) is 10.0 Å². The van der Waals surface area contributed by atoms with Crippen molar-refractivity contribution >= 4 is 16.0 Å². The van der Waals surface area contributed by atoms with Crippen LogP contribution in [0.1, 0.15) is 37.7 Å². The Kier molecular flexibility index (Phi) is 4.24. The average Bonchev–Trinajstić information content (AvgIpc) is 3.24. The second-order valence-electron chi connectivity index (χ2n) is 7.09. The molecule has 0 bridgehead atoms. The fraction of sp³-hybridized carbons (Fsp3) is 0.611. The van der Waals surface area contributed by atoms with Crippen molar-refractivity contribution in [2.75, 3.05) is 13.7 Å². The van der Waals surface area contributed by atoms with Gasteiger partial charge in [-0.3, -0.25) is 4.79 Å². The van der Waals surface area contributed by atoms with Gasteiger partial charge in [0.1, 0.15) is 11.8 Å². The van der Waals surface area contributed by atoms with E-state index in [-0.39, 0.29) is 16.9 Å². The highest BCUT2D eigenvalue weighted by molar-refractivity contribution is 7.89. The lowest BCUT2D eigenvalue weighted by Gasteiger charge is -2.32. The molecule has 0 spiro atoms. The molecule has 6 nitrogen and oxygen atoms in total. The van der Waals surface area contributed by atoms with E-state index in [2.05, 4.69) is 0 Å². The van der Waals surface area contributed by atoms with Crippen molar-refractivity contribution in [3.05, 3.63) is 23.8 Å². The predicted molar refractivity (Wildman–Crippen MR) is 90.8 cm³/mol. The van der Waals surface area contributed by atoms with Gasteiger partial charge in [-0.1, -0.05) is 12.8 Å². The van der Waals surface area contributed by atoms with Gasteiger partial charge in [0, 0.05) is 12.5 Å². The standard InChI is InChI=1S/C18H23NO5S/c1-23-18(20)16-11-12-4-2-3-5-15(12)19(16)25(21,22)14-6-7-17-13(10-14)8-9-24-17/h6-7,10,12,15-16H,2-5,8-9,11H2,1H3. The van der Waals surface area contributed by atoms with Gasteiger partial charge in [0.05, 0.1) is 18.6 Å². The van der Waals surface area contributed by atoms with E-state index in [1.807, 2.05) is 0 Å². The molecule has 0 amide bonds. The van der Waals surface area contributed by atoms with Crippen molar-refractivity contribution in [1.29, 1.82) is 0 Å². The zero-order valence-corrected chi connectivity index (χ0v) is 15.1. The van der Waals surface area contributed by atoms with E-state index in [1.54, 1.807) is 18.2 Å². The summed E-state index contributed by atoms with van der Waals surface area (Å²) in [7, 11) is -2.44. The molecular formula is C18H23NO5S. The Morgan fingerprint density at radius 2 is 2.08 bits per heavy atom. The predicted octanol–water partition coefficient (Wildman–Crippen LogP) is 2.12. The van der Waals surface area contributed by atoms with Crippen molar-refractivity contribution in [3.8, 4) is 5.75 Å². The third-order valence-electron chi connectivity index (χ3n) is 5.74. The number of hydrogen-bond donors (Lipinski definition) is 0. The van der Waals surface area contributed by atoms with E-state index in [0.29, 0.717) is 19.4 Å². The quantitative estimate of drug-likeness (QED) is 0.767. The van der Waals surface area contributed by atoms with Crippen molar-refractivity contribution in [1.82, 2.24) is 4.31 Å². The molecule has 4 rings (SSSR count). The van der Waals surface area contributed by atoms with E-state index in [0.717, 1.165) is 37.0 Å². The van der Waals surface area contributed by atoms with Crippen LogP contribution in [0.4, 0.5) is 0 Å². The van der Waals surface area contributed by atoms with E-state index in [4.69, 9.17) is 9.47 Å². The van der Waals surface area contributed by atoms with E-state index >= 15 is 0 Å². The second kappa shape index (κ2) is 6.29. The topological polar surface area (TPSA) is 72.9 Å². The molecule has 25 heavy (non-hydrogen) atoms. The summed E-state index contributed by atoms with van der Waals surface area (Å²) < 4.78 is 38.6. The Morgan fingerprint density at radius 1 is 1.28 bits per heavy atom. The Bertz CT molecular complexity index is 791. The van der Waals surface area contributed by atoms with Gasteiger partial charge in [-0.2, -0.15) is 4.31 Å². The number of hydrogen-bond acceptors (Lipinski definition) is 5. The summed E-state index contributed by atoms with van der Waals surface area (Å²) in [6, 6.07) is 4.18. The van der Waals surface area contributed by atoms with Gasteiger partial charge < -0.3 is 9.47 Å². The van der Waals surface area contributed by atoms with Gasteiger partial charge in [0.15, 0.2) is 0 Å². The van der Waals surface area contributed by atoms with Gasteiger partial charge in [0.25, 0.3) is 0 Å². The minimum Gasteiger partial charge on any atom is -0.493 e. The third kappa shape index (κ3) is 2.73.